The molecular formula is C21H22N4O5S. The van der Waals surface area contributed by atoms with E-state index in [1.165, 1.54) is 18.2 Å². The third kappa shape index (κ3) is 5.76. The van der Waals surface area contributed by atoms with Crippen molar-refractivity contribution in [3.05, 3.63) is 69.3 Å². The first-order chi connectivity index (χ1) is 14.8. The molecule has 0 unspecified atom stereocenters. The zero-order valence-corrected chi connectivity index (χ0v) is 17.5. The van der Waals surface area contributed by atoms with Gasteiger partial charge >= 0.3 is 5.97 Å². The summed E-state index contributed by atoms with van der Waals surface area (Å²) in [5.74, 6) is -1.56. The Labute approximate surface area is 184 Å². The fourth-order valence-electron chi connectivity index (χ4n) is 3.38. The molecule has 0 spiro atoms. The molecule has 1 amide bonds. The van der Waals surface area contributed by atoms with Crippen LogP contribution in [0.4, 0.5) is 11.4 Å². The topological polar surface area (TPSA) is 125 Å². The molecule has 31 heavy (non-hydrogen) atoms. The Morgan fingerprint density at radius 1 is 1.06 bits per heavy atom. The number of nitrogens with one attached hydrogen (secondary N) is 2. The van der Waals surface area contributed by atoms with Crippen LogP contribution in [0.2, 0.25) is 0 Å². The van der Waals surface area contributed by atoms with Crippen molar-refractivity contribution in [1.82, 2.24) is 10.6 Å². The molecule has 1 aliphatic rings. The SMILES string of the molecule is O=C(O)c1ccc(CNC(=S)NC(=O)c2ccc(N3CCCCC3)c([N+](=O)[O-])c2)cc1. The van der Waals surface area contributed by atoms with Crippen LogP contribution in [0.1, 0.15) is 45.5 Å². The lowest BCUT2D eigenvalue weighted by molar-refractivity contribution is -0.384. The van der Waals surface area contributed by atoms with Gasteiger partial charge in [0, 0.05) is 31.3 Å². The highest BCUT2D eigenvalue weighted by Crippen LogP contribution is 2.31. The van der Waals surface area contributed by atoms with Crippen molar-refractivity contribution in [2.45, 2.75) is 25.8 Å². The van der Waals surface area contributed by atoms with Crippen LogP contribution in [-0.2, 0) is 6.54 Å². The summed E-state index contributed by atoms with van der Waals surface area (Å²) in [5.41, 5.74) is 1.51. The number of hydrogen-bond acceptors (Lipinski definition) is 6. The number of thiocarbonyl (C=S) groups is 1. The Hall–Kier alpha value is -3.53. The average molecular weight is 442 g/mol. The number of amides is 1. The number of benzene rings is 2. The van der Waals surface area contributed by atoms with E-state index in [4.69, 9.17) is 17.3 Å². The quantitative estimate of drug-likeness (QED) is 0.354. The molecule has 10 heteroatoms. The molecule has 0 aromatic heterocycles. The Morgan fingerprint density at radius 3 is 2.32 bits per heavy atom. The van der Waals surface area contributed by atoms with Gasteiger partial charge in [-0.3, -0.25) is 20.2 Å². The molecule has 1 saturated heterocycles. The number of rotatable bonds is 6. The molecule has 0 aliphatic carbocycles. The summed E-state index contributed by atoms with van der Waals surface area (Å²) in [7, 11) is 0. The molecule has 3 N–H and O–H groups in total. The van der Waals surface area contributed by atoms with Gasteiger partial charge in [-0.05, 0) is 61.3 Å². The van der Waals surface area contributed by atoms with Crippen LogP contribution in [0.25, 0.3) is 0 Å². The molecule has 0 atom stereocenters. The summed E-state index contributed by atoms with van der Waals surface area (Å²) in [4.78, 5) is 36.5. The smallest absolute Gasteiger partial charge is 0.335 e. The van der Waals surface area contributed by atoms with Crippen LogP contribution < -0.4 is 15.5 Å². The van der Waals surface area contributed by atoms with Gasteiger partial charge in [-0.1, -0.05) is 12.1 Å². The second kappa shape index (κ2) is 9.98. The molecule has 3 rings (SSSR count). The number of nitro benzene ring substituents is 1. The van der Waals surface area contributed by atoms with Gasteiger partial charge in [-0.2, -0.15) is 0 Å². The molecule has 2 aromatic rings. The zero-order valence-electron chi connectivity index (χ0n) is 16.7. The maximum Gasteiger partial charge on any atom is 0.335 e. The largest absolute Gasteiger partial charge is 0.478 e. The van der Waals surface area contributed by atoms with Crippen molar-refractivity contribution in [2.24, 2.45) is 0 Å². The standard InChI is InChI=1S/C21H22N4O5S/c26-19(23-21(31)22-13-14-4-6-15(7-5-14)20(27)28)16-8-9-17(18(12-16)25(29)30)24-10-2-1-3-11-24/h4-9,12H,1-3,10-11,13H2,(H,27,28)(H2,22,23,26,31). The molecule has 1 aliphatic heterocycles. The van der Waals surface area contributed by atoms with Crippen LogP contribution in [0.3, 0.4) is 0 Å². The number of piperidine rings is 1. The van der Waals surface area contributed by atoms with E-state index in [0.29, 0.717) is 5.69 Å². The van der Waals surface area contributed by atoms with Gasteiger partial charge in [0.2, 0.25) is 0 Å². The van der Waals surface area contributed by atoms with Crippen LogP contribution >= 0.6 is 12.2 Å². The summed E-state index contributed by atoms with van der Waals surface area (Å²) < 4.78 is 0. The van der Waals surface area contributed by atoms with Gasteiger partial charge < -0.3 is 15.3 Å². The number of carbonyl (C=O) groups excluding carboxylic acids is 1. The van der Waals surface area contributed by atoms with Crippen molar-refractivity contribution in [1.29, 1.82) is 0 Å². The number of carboxylic acid groups (broad SMARTS) is 1. The monoisotopic (exact) mass is 442 g/mol. The number of nitrogens with zero attached hydrogens (tertiary/aromatic N) is 2. The van der Waals surface area contributed by atoms with Crippen LogP contribution in [-0.4, -0.2) is 40.1 Å². The van der Waals surface area contributed by atoms with E-state index >= 15 is 0 Å². The highest BCUT2D eigenvalue weighted by molar-refractivity contribution is 7.80. The highest BCUT2D eigenvalue weighted by Gasteiger charge is 2.23. The number of carboxylic acids is 1. The number of anilines is 1. The molecule has 0 radical (unpaired) electrons. The molecule has 1 fully saturated rings. The molecular weight excluding hydrogens is 420 g/mol. The lowest BCUT2D eigenvalue weighted by Gasteiger charge is -2.28. The Kier molecular flexibility index (Phi) is 7.14. The molecule has 2 aromatic carbocycles. The zero-order chi connectivity index (χ0) is 22.4. The first-order valence-electron chi connectivity index (χ1n) is 9.80. The van der Waals surface area contributed by atoms with E-state index in [1.807, 2.05) is 4.90 Å². The van der Waals surface area contributed by atoms with Crippen molar-refractivity contribution >= 4 is 40.6 Å². The van der Waals surface area contributed by atoms with Gasteiger partial charge in [-0.25, -0.2) is 4.79 Å². The second-order valence-corrected chi connectivity index (χ2v) is 7.56. The molecule has 162 valence electrons. The summed E-state index contributed by atoms with van der Waals surface area (Å²) in [6, 6.07) is 10.7. The van der Waals surface area contributed by atoms with E-state index in [2.05, 4.69) is 10.6 Å². The summed E-state index contributed by atoms with van der Waals surface area (Å²) in [6.45, 7) is 1.80. The van der Waals surface area contributed by atoms with Crippen LogP contribution in [0.5, 0.6) is 0 Å². The molecule has 9 nitrogen and oxygen atoms in total. The molecule has 0 bridgehead atoms. The van der Waals surface area contributed by atoms with E-state index in [1.54, 1.807) is 24.3 Å². The highest BCUT2D eigenvalue weighted by atomic mass is 32.1. The van der Waals surface area contributed by atoms with E-state index in [-0.39, 0.29) is 28.5 Å². The predicted octanol–water partition coefficient (Wildman–Crippen LogP) is 3.09. The van der Waals surface area contributed by atoms with Crippen molar-refractivity contribution in [3.8, 4) is 0 Å². The maximum absolute atomic E-state index is 12.5. The predicted molar refractivity (Wildman–Crippen MR) is 119 cm³/mol. The molecule has 1 heterocycles. The minimum atomic E-state index is -1.01. The Balaban J connectivity index is 1.62. The Bertz CT molecular complexity index is 1000. The number of hydrogen-bond donors (Lipinski definition) is 3. The van der Waals surface area contributed by atoms with Gasteiger partial charge in [0.05, 0.1) is 10.5 Å². The van der Waals surface area contributed by atoms with Crippen molar-refractivity contribution < 1.29 is 19.6 Å². The minimum absolute atomic E-state index is 0.0649. The van der Waals surface area contributed by atoms with Gasteiger partial charge in [0.1, 0.15) is 5.69 Å². The van der Waals surface area contributed by atoms with Crippen molar-refractivity contribution in [3.63, 3.8) is 0 Å². The maximum atomic E-state index is 12.5. The van der Waals surface area contributed by atoms with Crippen molar-refractivity contribution in [2.75, 3.05) is 18.0 Å². The second-order valence-electron chi connectivity index (χ2n) is 7.15. The first-order valence-corrected chi connectivity index (χ1v) is 10.2. The first kappa shape index (κ1) is 22.2. The van der Waals surface area contributed by atoms with Gasteiger partial charge in [-0.15, -0.1) is 0 Å². The van der Waals surface area contributed by atoms with E-state index in [9.17, 15) is 19.7 Å². The summed E-state index contributed by atoms with van der Waals surface area (Å²) in [6.07, 6.45) is 3.08. The third-order valence-corrected chi connectivity index (χ3v) is 5.26. The molecule has 0 saturated carbocycles. The fourth-order valence-corrected chi connectivity index (χ4v) is 3.54. The average Bonchev–Trinajstić information content (AvgIpc) is 2.78. The van der Waals surface area contributed by atoms with Crippen LogP contribution in [0, 0.1) is 10.1 Å². The number of aromatic carboxylic acids is 1. The van der Waals surface area contributed by atoms with Crippen LogP contribution in [0.15, 0.2) is 42.5 Å². The lowest BCUT2D eigenvalue weighted by Crippen LogP contribution is -2.39. The Morgan fingerprint density at radius 2 is 1.71 bits per heavy atom. The third-order valence-electron chi connectivity index (χ3n) is 5.01. The normalized spacial score (nSPS) is 13.4. The fraction of sp³-hybridized carbons (Fsp3) is 0.286. The number of nitro groups is 1. The summed E-state index contributed by atoms with van der Waals surface area (Å²) >= 11 is 5.13. The van der Waals surface area contributed by atoms with Gasteiger partial charge in [0.25, 0.3) is 11.6 Å². The summed E-state index contributed by atoms with van der Waals surface area (Å²) in [5, 5.41) is 25.9. The lowest BCUT2D eigenvalue weighted by atomic mass is 10.1. The minimum Gasteiger partial charge on any atom is -0.478 e. The van der Waals surface area contributed by atoms with E-state index < -0.39 is 16.8 Å². The van der Waals surface area contributed by atoms with E-state index in [0.717, 1.165) is 37.9 Å². The van der Waals surface area contributed by atoms with Gasteiger partial charge in [0.15, 0.2) is 5.11 Å². The number of carbonyl (C=O) groups is 2.